The maximum Gasteiger partial charge on any atom is 0.313 e. The maximum atomic E-state index is 12.7. The van der Waals surface area contributed by atoms with Crippen LogP contribution < -0.4 is 0 Å². The van der Waals surface area contributed by atoms with Gasteiger partial charge in [0.05, 0.1) is 17.6 Å². The average Bonchev–Trinajstić information content (AvgIpc) is 3.18. The minimum atomic E-state index is -0.819. The predicted octanol–water partition coefficient (Wildman–Crippen LogP) is 0.580. The molecule has 4 rings (SSSR count). The Morgan fingerprint density at radius 1 is 1.33 bits per heavy atom. The van der Waals surface area contributed by atoms with Gasteiger partial charge in [0.15, 0.2) is 0 Å². The van der Waals surface area contributed by atoms with Gasteiger partial charge in [0.2, 0.25) is 5.91 Å². The molecule has 0 unspecified atom stereocenters. The van der Waals surface area contributed by atoms with Gasteiger partial charge in [0.1, 0.15) is 5.41 Å². The van der Waals surface area contributed by atoms with Crippen LogP contribution in [0.2, 0.25) is 0 Å². The number of nitrogens with zero attached hydrogens (tertiary/aromatic N) is 3. The van der Waals surface area contributed by atoms with Crippen LogP contribution >= 0.6 is 0 Å². The van der Waals surface area contributed by atoms with E-state index in [-0.39, 0.29) is 18.2 Å². The van der Waals surface area contributed by atoms with Crippen molar-refractivity contribution in [2.24, 2.45) is 11.3 Å². The average molecular weight is 328 g/mol. The van der Waals surface area contributed by atoms with Gasteiger partial charge in [0.25, 0.3) is 0 Å². The van der Waals surface area contributed by atoms with Crippen LogP contribution in [0.15, 0.2) is 24.3 Å². The molecule has 2 N–H and O–H groups in total. The molecule has 2 atom stereocenters. The SMILES string of the molecule is CN1C[C@H]2CN(C(=O)Cc3[nH]nc4ccccc34)C[C@@]2(C(=O)O)C1. The summed E-state index contributed by atoms with van der Waals surface area (Å²) in [5.74, 6) is -0.830. The van der Waals surface area contributed by atoms with Crippen molar-refractivity contribution in [3.05, 3.63) is 30.0 Å². The van der Waals surface area contributed by atoms with Crippen LogP contribution in [0.4, 0.5) is 0 Å². The molecule has 0 aliphatic carbocycles. The van der Waals surface area contributed by atoms with E-state index in [9.17, 15) is 14.7 Å². The number of fused-ring (bicyclic) bond motifs is 2. The van der Waals surface area contributed by atoms with Gasteiger partial charge < -0.3 is 14.9 Å². The molecule has 126 valence electrons. The fraction of sp³-hybridized carbons (Fsp3) is 0.471. The van der Waals surface area contributed by atoms with Crippen LogP contribution in [0.5, 0.6) is 0 Å². The second kappa shape index (κ2) is 5.31. The lowest BCUT2D eigenvalue weighted by Gasteiger charge is -2.24. The number of nitrogens with one attached hydrogen (secondary N) is 1. The molecule has 0 radical (unpaired) electrons. The van der Waals surface area contributed by atoms with Gasteiger partial charge in [0, 0.05) is 37.5 Å². The summed E-state index contributed by atoms with van der Waals surface area (Å²) in [5, 5.41) is 17.8. The summed E-state index contributed by atoms with van der Waals surface area (Å²) >= 11 is 0. The maximum absolute atomic E-state index is 12.7. The molecule has 2 fully saturated rings. The van der Waals surface area contributed by atoms with Crippen molar-refractivity contribution in [2.45, 2.75) is 6.42 Å². The number of carbonyl (C=O) groups excluding carboxylic acids is 1. The van der Waals surface area contributed by atoms with Crippen LogP contribution in [0, 0.1) is 11.3 Å². The molecule has 0 spiro atoms. The number of H-pyrrole nitrogens is 1. The lowest BCUT2D eigenvalue weighted by molar-refractivity contribution is -0.149. The van der Waals surface area contributed by atoms with E-state index in [0.29, 0.717) is 19.6 Å². The summed E-state index contributed by atoms with van der Waals surface area (Å²) in [6.07, 6.45) is 0.221. The molecule has 2 aliphatic rings. The molecule has 7 nitrogen and oxygen atoms in total. The standard InChI is InChI=1S/C17H20N4O3/c1-20-7-11-8-21(10-17(11,9-20)16(23)24)15(22)6-14-12-4-2-3-5-13(12)18-19-14/h2-5,11H,6-10H2,1H3,(H,18,19)(H,23,24)/t11-,17-/m0/s1. The lowest BCUT2D eigenvalue weighted by atomic mass is 9.81. The molecule has 2 aliphatic heterocycles. The Morgan fingerprint density at radius 3 is 2.88 bits per heavy atom. The van der Waals surface area contributed by atoms with Crippen molar-refractivity contribution < 1.29 is 14.7 Å². The Hall–Kier alpha value is -2.41. The third-order valence-corrected chi connectivity index (χ3v) is 5.43. The van der Waals surface area contributed by atoms with Gasteiger partial charge in [-0.1, -0.05) is 18.2 Å². The van der Waals surface area contributed by atoms with E-state index >= 15 is 0 Å². The third kappa shape index (κ3) is 2.19. The molecule has 2 aromatic rings. The Kier molecular flexibility index (Phi) is 3.35. The predicted molar refractivity (Wildman–Crippen MR) is 87.4 cm³/mol. The van der Waals surface area contributed by atoms with Crippen molar-refractivity contribution >= 4 is 22.8 Å². The summed E-state index contributed by atoms with van der Waals surface area (Å²) in [6.45, 7) is 2.04. The number of carbonyl (C=O) groups is 2. The van der Waals surface area contributed by atoms with Crippen LogP contribution in [-0.4, -0.2) is 70.2 Å². The molecule has 3 heterocycles. The zero-order valence-electron chi connectivity index (χ0n) is 13.5. The number of carboxylic acids is 1. The van der Waals surface area contributed by atoms with Crippen LogP contribution in [0.3, 0.4) is 0 Å². The number of likely N-dealkylation sites (tertiary alicyclic amines) is 2. The summed E-state index contributed by atoms with van der Waals surface area (Å²) in [5.41, 5.74) is 0.803. The molecule has 1 aromatic heterocycles. The minimum absolute atomic E-state index is 0.00228. The topological polar surface area (TPSA) is 89.5 Å². The number of hydrogen-bond donors (Lipinski definition) is 2. The van der Waals surface area contributed by atoms with E-state index in [4.69, 9.17) is 0 Å². The Morgan fingerprint density at radius 2 is 2.12 bits per heavy atom. The Labute approximate surface area is 139 Å². The first-order valence-corrected chi connectivity index (χ1v) is 8.11. The van der Waals surface area contributed by atoms with Crippen molar-refractivity contribution in [2.75, 3.05) is 33.2 Å². The van der Waals surface area contributed by atoms with Gasteiger partial charge in [-0.05, 0) is 13.1 Å². The van der Waals surface area contributed by atoms with Crippen molar-refractivity contribution in [3.63, 3.8) is 0 Å². The summed E-state index contributed by atoms with van der Waals surface area (Å²) < 4.78 is 0. The van der Waals surface area contributed by atoms with Crippen molar-refractivity contribution in [3.8, 4) is 0 Å². The second-order valence-electron chi connectivity index (χ2n) is 7.03. The molecular formula is C17H20N4O3. The van der Waals surface area contributed by atoms with Crippen LogP contribution in [-0.2, 0) is 16.0 Å². The largest absolute Gasteiger partial charge is 0.481 e. The number of benzene rings is 1. The highest BCUT2D eigenvalue weighted by molar-refractivity contribution is 5.88. The molecule has 1 aromatic carbocycles. The molecule has 1 amide bonds. The van der Waals surface area contributed by atoms with Gasteiger partial charge in [-0.25, -0.2) is 0 Å². The fourth-order valence-corrected chi connectivity index (χ4v) is 4.22. The summed E-state index contributed by atoms with van der Waals surface area (Å²) in [6, 6.07) is 7.66. The lowest BCUT2D eigenvalue weighted by Crippen LogP contribution is -2.41. The third-order valence-electron chi connectivity index (χ3n) is 5.43. The Balaban J connectivity index is 1.53. The Bertz CT molecular complexity index is 817. The fourth-order valence-electron chi connectivity index (χ4n) is 4.22. The highest BCUT2D eigenvalue weighted by Gasteiger charge is 2.57. The van der Waals surface area contributed by atoms with E-state index in [0.717, 1.165) is 23.1 Å². The number of para-hydroxylation sites is 1. The molecule has 24 heavy (non-hydrogen) atoms. The molecule has 0 saturated carbocycles. The van der Waals surface area contributed by atoms with E-state index in [1.54, 1.807) is 4.90 Å². The first kappa shape index (κ1) is 15.1. The molecule has 0 bridgehead atoms. The van der Waals surface area contributed by atoms with Gasteiger partial charge in [-0.15, -0.1) is 0 Å². The number of aromatic amines is 1. The smallest absolute Gasteiger partial charge is 0.313 e. The highest BCUT2D eigenvalue weighted by atomic mass is 16.4. The normalized spacial score (nSPS) is 26.9. The number of aromatic nitrogens is 2. The molecule has 2 saturated heterocycles. The van der Waals surface area contributed by atoms with Crippen molar-refractivity contribution in [1.29, 1.82) is 0 Å². The van der Waals surface area contributed by atoms with Gasteiger partial charge in [-0.3, -0.25) is 14.7 Å². The molecule has 7 heteroatoms. The zero-order chi connectivity index (χ0) is 16.9. The number of hydrogen-bond acceptors (Lipinski definition) is 4. The monoisotopic (exact) mass is 328 g/mol. The van der Waals surface area contributed by atoms with Crippen LogP contribution in [0.1, 0.15) is 5.69 Å². The van der Waals surface area contributed by atoms with Gasteiger partial charge >= 0.3 is 5.97 Å². The van der Waals surface area contributed by atoms with Gasteiger partial charge in [-0.2, -0.15) is 5.10 Å². The van der Waals surface area contributed by atoms with E-state index in [1.165, 1.54) is 0 Å². The number of carboxylic acid groups (broad SMARTS) is 1. The number of amides is 1. The zero-order valence-corrected chi connectivity index (χ0v) is 13.5. The highest BCUT2D eigenvalue weighted by Crippen LogP contribution is 2.42. The first-order valence-electron chi connectivity index (χ1n) is 8.11. The van der Waals surface area contributed by atoms with Crippen LogP contribution in [0.25, 0.3) is 10.9 Å². The summed E-state index contributed by atoms with van der Waals surface area (Å²) in [7, 11) is 1.94. The molecular weight excluding hydrogens is 308 g/mol. The van der Waals surface area contributed by atoms with E-state index in [2.05, 4.69) is 10.2 Å². The van der Waals surface area contributed by atoms with E-state index < -0.39 is 11.4 Å². The summed E-state index contributed by atoms with van der Waals surface area (Å²) in [4.78, 5) is 28.3. The number of aliphatic carboxylic acids is 1. The second-order valence-corrected chi connectivity index (χ2v) is 7.03. The minimum Gasteiger partial charge on any atom is -0.481 e. The van der Waals surface area contributed by atoms with E-state index in [1.807, 2.05) is 36.2 Å². The number of rotatable bonds is 3. The first-order chi connectivity index (χ1) is 11.5. The quantitative estimate of drug-likeness (QED) is 0.860. The van der Waals surface area contributed by atoms with Crippen molar-refractivity contribution in [1.82, 2.24) is 20.0 Å².